The maximum absolute atomic E-state index is 14.6. The minimum atomic E-state index is -1.06. The Kier molecular flexibility index (Phi) is 16.3. The van der Waals surface area contributed by atoms with Crippen LogP contribution in [0.3, 0.4) is 0 Å². The molecule has 2 aliphatic carbocycles. The molecule has 50 heavy (non-hydrogen) atoms. The van der Waals surface area contributed by atoms with E-state index in [1.807, 2.05) is 109 Å². The van der Waals surface area contributed by atoms with Gasteiger partial charge >= 0.3 is 5.97 Å². The van der Waals surface area contributed by atoms with Crippen molar-refractivity contribution in [1.82, 2.24) is 15.5 Å². The summed E-state index contributed by atoms with van der Waals surface area (Å²) in [6, 6.07) is 6.86. The molecular weight excluding hydrogens is 626 g/mol. The van der Waals surface area contributed by atoms with Crippen LogP contribution >= 0.6 is 0 Å². The Bertz CT molecular complexity index is 1560. The summed E-state index contributed by atoms with van der Waals surface area (Å²) in [5.74, 6) is -2.51. The molecule has 2 amide bonds. The van der Waals surface area contributed by atoms with Gasteiger partial charge < -0.3 is 20.6 Å². The highest BCUT2D eigenvalue weighted by Gasteiger charge is 2.44. The van der Waals surface area contributed by atoms with E-state index in [2.05, 4.69) is 16.7 Å². The van der Waals surface area contributed by atoms with E-state index in [1.54, 1.807) is 44.5 Å². The zero-order chi connectivity index (χ0) is 37.6. The molecule has 0 saturated carbocycles. The standard InChI is InChI=1S/C40H51N3O5.C2H6/c1-26(2)33(25-27(3)39(47)48)43(8)38(46)36(42-37(45)34(41-7)28(4)29-17-12-9-10-13-18-29)40(5,6)32-22-16-21-31(23-24-32)35(44)30-19-14-11-15-20-30;1-2/h9,11-26,28,32-34,36,41H,10H2,1-8H3,(H,42,45)(H,47,48);1-2H3/b27-25+;/t28?,32?,33-,34+,36?;/m1./s1. The van der Waals surface area contributed by atoms with Crippen LogP contribution < -0.4 is 10.6 Å². The molecule has 0 aliphatic heterocycles. The molecule has 8 heteroatoms. The quantitative estimate of drug-likeness (QED) is 0.141. The van der Waals surface area contributed by atoms with Crippen molar-refractivity contribution in [2.45, 2.75) is 79.9 Å². The van der Waals surface area contributed by atoms with Crippen LogP contribution in [0.15, 0.2) is 114 Å². The van der Waals surface area contributed by atoms with E-state index in [9.17, 15) is 24.3 Å². The van der Waals surface area contributed by atoms with Gasteiger partial charge in [-0.25, -0.2) is 4.79 Å². The van der Waals surface area contributed by atoms with Crippen molar-refractivity contribution >= 4 is 23.6 Å². The van der Waals surface area contributed by atoms with Gasteiger partial charge in [0.05, 0.1) is 12.1 Å². The first kappa shape index (κ1) is 41.6. The predicted molar refractivity (Wildman–Crippen MR) is 203 cm³/mol. The number of ketones is 1. The van der Waals surface area contributed by atoms with Gasteiger partial charge in [0.2, 0.25) is 11.8 Å². The lowest BCUT2D eigenvalue weighted by molar-refractivity contribution is -0.141. The fourth-order valence-corrected chi connectivity index (χ4v) is 6.13. The maximum atomic E-state index is 14.6. The number of allylic oxidation sites excluding steroid dienone is 11. The third-order valence-corrected chi connectivity index (χ3v) is 9.37. The Morgan fingerprint density at radius 3 is 2.22 bits per heavy atom. The number of hydrogen-bond acceptors (Lipinski definition) is 5. The average molecular weight is 684 g/mol. The lowest BCUT2D eigenvalue weighted by Crippen LogP contribution is -2.61. The van der Waals surface area contributed by atoms with Crippen LogP contribution in [0.2, 0.25) is 0 Å². The molecule has 0 fully saturated rings. The summed E-state index contributed by atoms with van der Waals surface area (Å²) in [7, 11) is 3.38. The number of likely N-dealkylation sites (N-methyl/N-ethyl adjacent to an activating group) is 2. The first-order chi connectivity index (χ1) is 23.7. The highest BCUT2D eigenvalue weighted by molar-refractivity contribution is 6.10. The summed E-state index contributed by atoms with van der Waals surface area (Å²) < 4.78 is 0. The zero-order valence-corrected chi connectivity index (χ0v) is 31.4. The van der Waals surface area contributed by atoms with Crippen molar-refractivity contribution in [3.05, 3.63) is 119 Å². The van der Waals surface area contributed by atoms with Crippen LogP contribution in [0.1, 0.15) is 72.2 Å². The summed E-state index contributed by atoms with van der Waals surface area (Å²) in [4.78, 5) is 55.3. The third kappa shape index (κ3) is 10.7. The maximum Gasteiger partial charge on any atom is 0.331 e. The van der Waals surface area contributed by atoms with Crippen LogP contribution in [0, 0.1) is 23.2 Å². The van der Waals surface area contributed by atoms with Gasteiger partial charge in [0.25, 0.3) is 0 Å². The van der Waals surface area contributed by atoms with Crippen molar-refractivity contribution in [3.8, 4) is 0 Å². The number of carboxylic acid groups (broad SMARTS) is 1. The molecule has 270 valence electrons. The van der Waals surface area contributed by atoms with Gasteiger partial charge in [-0.2, -0.15) is 0 Å². The molecule has 0 aromatic heterocycles. The van der Waals surface area contributed by atoms with E-state index in [4.69, 9.17) is 0 Å². The molecule has 5 atom stereocenters. The minimum absolute atomic E-state index is 0.103. The molecule has 3 unspecified atom stereocenters. The predicted octanol–water partition coefficient (Wildman–Crippen LogP) is 7.26. The highest BCUT2D eigenvalue weighted by atomic mass is 16.4. The number of hydrogen-bond donors (Lipinski definition) is 3. The van der Waals surface area contributed by atoms with Gasteiger partial charge in [0.15, 0.2) is 5.78 Å². The lowest BCUT2D eigenvalue weighted by atomic mass is 9.71. The van der Waals surface area contributed by atoms with Crippen molar-refractivity contribution < 1.29 is 24.3 Å². The Morgan fingerprint density at radius 2 is 1.62 bits per heavy atom. The second-order valence-corrected chi connectivity index (χ2v) is 13.5. The molecule has 0 radical (unpaired) electrons. The highest BCUT2D eigenvalue weighted by Crippen LogP contribution is 2.36. The molecule has 3 N–H and O–H groups in total. The van der Waals surface area contributed by atoms with Gasteiger partial charge in [-0.1, -0.05) is 146 Å². The normalized spacial score (nSPS) is 18.3. The van der Waals surface area contributed by atoms with E-state index in [0.29, 0.717) is 11.1 Å². The van der Waals surface area contributed by atoms with Gasteiger partial charge in [-0.3, -0.25) is 14.4 Å². The van der Waals surface area contributed by atoms with Crippen LogP contribution in [-0.2, 0) is 14.4 Å². The molecule has 0 saturated heterocycles. The fraction of sp³-hybridized carbons (Fsp3) is 0.429. The van der Waals surface area contributed by atoms with Crippen LogP contribution in [0.25, 0.3) is 0 Å². The van der Waals surface area contributed by atoms with Crippen molar-refractivity contribution in [2.24, 2.45) is 23.2 Å². The Morgan fingerprint density at radius 1 is 0.960 bits per heavy atom. The van der Waals surface area contributed by atoms with E-state index in [1.165, 1.54) is 11.8 Å². The molecule has 8 nitrogen and oxygen atoms in total. The van der Waals surface area contributed by atoms with Crippen molar-refractivity contribution in [2.75, 3.05) is 14.1 Å². The molecule has 0 heterocycles. The number of benzene rings is 1. The van der Waals surface area contributed by atoms with Crippen LogP contribution in [0.4, 0.5) is 0 Å². The topological polar surface area (TPSA) is 116 Å². The summed E-state index contributed by atoms with van der Waals surface area (Å²) in [6.45, 7) is 15.2. The van der Waals surface area contributed by atoms with Crippen LogP contribution in [0.5, 0.6) is 0 Å². The average Bonchev–Trinajstić information content (AvgIpc) is 3.54. The van der Waals surface area contributed by atoms with Gasteiger partial charge in [-0.15, -0.1) is 0 Å². The number of aliphatic carboxylic acids is 1. The molecule has 1 aromatic carbocycles. The Balaban J connectivity index is 0.00000425. The fourth-order valence-electron chi connectivity index (χ4n) is 6.13. The molecule has 1 aromatic rings. The number of amides is 2. The molecular formula is C42H57N3O5. The number of rotatable bonds is 14. The van der Waals surface area contributed by atoms with Crippen LogP contribution in [-0.4, -0.2) is 65.8 Å². The second-order valence-electron chi connectivity index (χ2n) is 13.5. The molecule has 0 spiro atoms. The Hall–Kier alpha value is -4.56. The first-order valence-electron chi connectivity index (χ1n) is 17.6. The van der Waals surface area contributed by atoms with Gasteiger partial charge in [0, 0.05) is 41.0 Å². The number of nitrogens with one attached hydrogen (secondary N) is 2. The van der Waals surface area contributed by atoms with Crippen molar-refractivity contribution in [1.29, 1.82) is 0 Å². The number of carbonyl (C=O) groups excluding carboxylic acids is 3. The van der Waals surface area contributed by atoms with Crippen molar-refractivity contribution in [3.63, 3.8) is 0 Å². The van der Waals surface area contributed by atoms with E-state index in [0.717, 1.165) is 12.0 Å². The molecule has 3 rings (SSSR count). The minimum Gasteiger partial charge on any atom is -0.478 e. The summed E-state index contributed by atoms with van der Waals surface area (Å²) in [6.07, 6.45) is 21.7. The summed E-state index contributed by atoms with van der Waals surface area (Å²) in [5, 5.41) is 15.9. The molecule has 0 bridgehead atoms. The summed E-state index contributed by atoms with van der Waals surface area (Å²) >= 11 is 0. The van der Waals surface area contributed by atoms with Gasteiger partial charge in [0.1, 0.15) is 6.04 Å². The van der Waals surface area contributed by atoms with E-state index < -0.39 is 29.5 Å². The second kappa shape index (κ2) is 19.6. The number of nitrogens with zero attached hydrogens (tertiary/aromatic N) is 1. The monoisotopic (exact) mass is 683 g/mol. The number of carboxylic acids is 1. The third-order valence-electron chi connectivity index (χ3n) is 9.37. The zero-order valence-electron chi connectivity index (χ0n) is 31.4. The van der Waals surface area contributed by atoms with E-state index >= 15 is 0 Å². The lowest BCUT2D eigenvalue weighted by Gasteiger charge is -2.42. The number of Topliss-reactive ketones (excluding diaryl/α,β-unsaturated/α-hetero) is 1. The SMILES string of the molecule is CC.CN[C@H](C(=O)NC(C(=O)N(C)[C@H](/C=C(\C)C(=O)O)C(C)C)C(C)(C)C1C=CC=C(C(=O)c2ccccc2)C=C1)C(C)C1=CC=CCC=C1. The van der Waals surface area contributed by atoms with E-state index in [-0.39, 0.29) is 40.9 Å². The molecule has 2 aliphatic rings. The largest absolute Gasteiger partial charge is 0.478 e. The van der Waals surface area contributed by atoms with Gasteiger partial charge in [-0.05, 0) is 31.9 Å². The first-order valence-corrected chi connectivity index (χ1v) is 17.6. The Labute approximate surface area is 299 Å². The smallest absolute Gasteiger partial charge is 0.331 e. The number of carbonyl (C=O) groups is 4. The summed E-state index contributed by atoms with van der Waals surface area (Å²) in [5.41, 5.74) is 1.32.